The van der Waals surface area contributed by atoms with Gasteiger partial charge in [-0.1, -0.05) is 90.1 Å². The Morgan fingerprint density at radius 1 is 0.633 bits per heavy atom. The molecule has 0 N–H and O–H groups in total. The van der Waals surface area contributed by atoms with Crippen LogP contribution in [0.2, 0.25) is 0 Å². The molecule has 4 aromatic carbocycles. The van der Waals surface area contributed by atoms with Gasteiger partial charge in [-0.05, 0) is 81.8 Å². The van der Waals surface area contributed by atoms with Crippen LogP contribution in [0.25, 0.3) is 32.0 Å². The zero-order valence-corrected chi connectivity index (χ0v) is 17.8. The molecule has 2 aliphatic rings. The fourth-order valence-electron chi connectivity index (χ4n) is 4.66. The van der Waals surface area contributed by atoms with Crippen LogP contribution in [0.1, 0.15) is 30.9 Å². The summed E-state index contributed by atoms with van der Waals surface area (Å²) in [6, 6.07) is 31.0. The second-order valence-electron chi connectivity index (χ2n) is 8.24. The average molecular weight is 403 g/mol. The Kier molecular flexibility index (Phi) is 4.17. The molecule has 0 amide bonds. The maximum absolute atomic E-state index is 2.43. The molecule has 144 valence electrons. The molecule has 0 bridgehead atoms. The minimum atomic E-state index is 1.15. The molecule has 0 fully saturated rings. The Bertz CT molecular complexity index is 1410. The Morgan fingerprint density at radius 2 is 1.23 bits per heavy atom. The van der Waals surface area contributed by atoms with Gasteiger partial charge < -0.3 is 0 Å². The quantitative estimate of drug-likeness (QED) is 0.323. The van der Waals surface area contributed by atoms with E-state index in [1.54, 1.807) is 0 Å². The number of hydrogen-bond donors (Lipinski definition) is 0. The Hall–Kier alpha value is -3.03. The zero-order chi connectivity index (χ0) is 20.1. The Balaban J connectivity index is 1.53. The summed E-state index contributed by atoms with van der Waals surface area (Å²) in [5.41, 5.74) is 7.09. The predicted molar refractivity (Wildman–Crippen MR) is 132 cm³/mol. The van der Waals surface area contributed by atoms with E-state index in [-0.39, 0.29) is 0 Å². The highest BCUT2D eigenvalue weighted by molar-refractivity contribution is 8.12. The summed E-state index contributed by atoms with van der Waals surface area (Å²) in [6.07, 6.45) is 4.75. The number of benzene rings is 4. The monoisotopic (exact) mass is 402 g/mol. The predicted octanol–water partition coefficient (Wildman–Crippen LogP) is 8.60. The molecule has 0 saturated carbocycles. The second kappa shape index (κ2) is 7.04. The van der Waals surface area contributed by atoms with Crippen LogP contribution in [-0.2, 0) is 0 Å². The van der Waals surface area contributed by atoms with Crippen molar-refractivity contribution >= 4 is 43.8 Å². The first-order valence-electron chi connectivity index (χ1n) is 10.6. The lowest BCUT2D eigenvalue weighted by atomic mass is 9.95. The number of allylic oxidation sites excluding steroid dienone is 4. The summed E-state index contributed by atoms with van der Waals surface area (Å²) in [5, 5.41) is 5.21. The smallest absolute Gasteiger partial charge is 0.0201 e. The molecule has 4 aromatic rings. The summed E-state index contributed by atoms with van der Waals surface area (Å²) in [4.78, 5) is 2.84. The zero-order valence-electron chi connectivity index (χ0n) is 17.0. The van der Waals surface area contributed by atoms with Crippen LogP contribution >= 0.6 is 11.8 Å². The van der Waals surface area contributed by atoms with Gasteiger partial charge in [-0.15, -0.1) is 0 Å². The summed E-state index contributed by atoms with van der Waals surface area (Å²) in [5.74, 6) is 0. The van der Waals surface area contributed by atoms with Crippen LogP contribution in [0.5, 0.6) is 0 Å². The highest BCUT2D eigenvalue weighted by atomic mass is 32.2. The lowest BCUT2D eigenvalue weighted by Gasteiger charge is -2.21. The Morgan fingerprint density at radius 3 is 1.93 bits per heavy atom. The van der Waals surface area contributed by atoms with E-state index in [2.05, 4.69) is 97.9 Å². The van der Waals surface area contributed by atoms with E-state index in [1.807, 2.05) is 11.8 Å². The third-order valence-electron chi connectivity index (χ3n) is 6.32. The van der Waals surface area contributed by atoms with Crippen LogP contribution in [0.3, 0.4) is 0 Å². The van der Waals surface area contributed by atoms with Crippen molar-refractivity contribution < 1.29 is 0 Å². The van der Waals surface area contributed by atoms with E-state index in [9.17, 15) is 0 Å². The molecular weight excluding hydrogens is 380 g/mol. The highest BCUT2D eigenvalue weighted by Gasteiger charge is 2.26. The van der Waals surface area contributed by atoms with E-state index in [4.69, 9.17) is 0 Å². The topological polar surface area (TPSA) is 0 Å². The highest BCUT2D eigenvalue weighted by Crippen LogP contribution is 2.52. The van der Waals surface area contributed by atoms with Crippen LogP contribution in [0.4, 0.5) is 0 Å². The fourth-order valence-corrected chi connectivity index (χ4v) is 5.91. The number of thioether (sulfide) groups is 1. The van der Waals surface area contributed by atoms with Gasteiger partial charge in [0.15, 0.2) is 0 Å². The molecule has 0 nitrogen and oxygen atoms in total. The number of hydrogen-bond acceptors (Lipinski definition) is 1. The van der Waals surface area contributed by atoms with Gasteiger partial charge in [0.25, 0.3) is 0 Å². The van der Waals surface area contributed by atoms with Gasteiger partial charge in [-0.25, -0.2) is 0 Å². The van der Waals surface area contributed by atoms with Crippen molar-refractivity contribution in [2.75, 3.05) is 0 Å². The Labute approximate surface area is 181 Å². The standard InChI is InChI=1S/C29H22S/c1-19-10-15-26-27(24-13-11-20-6-2-4-8-22(20)16-24)18-28(30-29(19)26)25-14-12-21-7-3-5-9-23(21)17-25/h2-9,11-14,16-18H,10,15H2,1H3. The van der Waals surface area contributed by atoms with Gasteiger partial charge in [-0.2, -0.15) is 0 Å². The van der Waals surface area contributed by atoms with Gasteiger partial charge in [0, 0.05) is 9.81 Å². The third kappa shape index (κ3) is 2.93. The molecule has 30 heavy (non-hydrogen) atoms. The first-order chi connectivity index (χ1) is 14.8. The lowest BCUT2D eigenvalue weighted by molar-refractivity contribution is 1.01. The molecule has 1 aliphatic heterocycles. The van der Waals surface area contributed by atoms with Gasteiger partial charge in [0.05, 0.1) is 0 Å². The molecule has 1 heteroatoms. The largest absolute Gasteiger partial charge is 0.0892 e. The van der Waals surface area contributed by atoms with Crippen molar-refractivity contribution in [2.24, 2.45) is 0 Å². The fraction of sp³-hybridized carbons (Fsp3) is 0.103. The maximum Gasteiger partial charge on any atom is 0.0201 e. The molecule has 0 radical (unpaired) electrons. The second-order valence-corrected chi connectivity index (χ2v) is 9.29. The van der Waals surface area contributed by atoms with Crippen LogP contribution in [-0.4, -0.2) is 0 Å². The van der Waals surface area contributed by atoms with Crippen molar-refractivity contribution in [3.05, 3.63) is 118 Å². The summed E-state index contributed by atoms with van der Waals surface area (Å²) < 4.78 is 0. The first kappa shape index (κ1) is 17.8. The van der Waals surface area contributed by atoms with Crippen LogP contribution in [0, 0.1) is 0 Å². The van der Waals surface area contributed by atoms with Crippen molar-refractivity contribution in [1.82, 2.24) is 0 Å². The van der Waals surface area contributed by atoms with Crippen molar-refractivity contribution in [3.63, 3.8) is 0 Å². The normalized spacial score (nSPS) is 16.4. The number of rotatable bonds is 2. The molecular formula is C29H22S. The molecule has 1 heterocycles. The van der Waals surface area contributed by atoms with Crippen molar-refractivity contribution in [2.45, 2.75) is 19.8 Å². The SMILES string of the molecule is CC1=C2SC(c3ccc4ccccc4c3)=CC(c3ccc4ccccc4c3)=C2CC1. The molecule has 1 aliphatic carbocycles. The van der Waals surface area contributed by atoms with E-state index >= 15 is 0 Å². The van der Waals surface area contributed by atoms with E-state index in [1.165, 1.54) is 65.6 Å². The summed E-state index contributed by atoms with van der Waals surface area (Å²) in [7, 11) is 0. The third-order valence-corrected chi connectivity index (χ3v) is 7.69. The van der Waals surface area contributed by atoms with Crippen LogP contribution in [0.15, 0.2) is 107 Å². The maximum atomic E-state index is 2.43. The molecule has 0 atom stereocenters. The van der Waals surface area contributed by atoms with Crippen LogP contribution < -0.4 is 0 Å². The molecule has 0 saturated heterocycles. The van der Waals surface area contributed by atoms with Crippen molar-refractivity contribution in [3.8, 4) is 0 Å². The molecule has 0 unspecified atom stereocenters. The van der Waals surface area contributed by atoms with E-state index < -0.39 is 0 Å². The molecule has 6 rings (SSSR count). The number of fused-ring (bicyclic) bond motifs is 3. The molecule has 0 spiro atoms. The minimum absolute atomic E-state index is 1.15. The summed E-state index contributed by atoms with van der Waals surface area (Å²) in [6.45, 7) is 2.30. The van der Waals surface area contributed by atoms with Gasteiger partial charge in [-0.3, -0.25) is 0 Å². The summed E-state index contributed by atoms with van der Waals surface area (Å²) >= 11 is 1.96. The van der Waals surface area contributed by atoms with E-state index in [0.717, 1.165) is 6.42 Å². The van der Waals surface area contributed by atoms with Gasteiger partial charge in [0.1, 0.15) is 0 Å². The van der Waals surface area contributed by atoms with E-state index in [0.29, 0.717) is 0 Å². The van der Waals surface area contributed by atoms with Gasteiger partial charge >= 0.3 is 0 Å². The lowest BCUT2D eigenvalue weighted by Crippen LogP contribution is -1.97. The first-order valence-corrected chi connectivity index (χ1v) is 11.4. The average Bonchev–Trinajstić information content (AvgIpc) is 3.18. The molecule has 0 aromatic heterocycles. The minimum Gasteiger partial charge on any atom is -0.0892 e. The van der Waals surface area contributed by atoms with Gasteiger partial charge in [0.2, 0.25) is 0 Å². The van der Waals surface area contributed by atoms with Crippen molar-refractivity contribution in [1.29, 1.82) is 0 Å².